The van der Waals surface area contributed by atoms with E-state index in [4.69, 9.17) is 5.73 Å². The molecule has 0 aromatic heterocycles. The fourth-order valence-corrected chi connectivity index (χ4v) is 1.44. The van der Waals surface area contributed by atoms with Gasteiger partial charge in [0.05, 0.1) is 0 Å². The fourth-order valence-electron chi connectivity index (χ4n) is 1.09. The molecule has 0 aliphatic rings. The average Bonchev–Trinajstić information content (AvgIpc) is 2.14. The SMILES string of the molecule is NC(=O)CCc1ccc(OS(=O)(=O)F)cc1. The molecule has 0 unspecified atom stereocenters. The number of halogens is 1. The highest BCUT2D eigenvalue weighted by Crippen LogP contribution is 2.15. The molecule has 16 heavy (non-hydrogen) atoms. The zero-order chi connectivity index (χ0) is 12.2. The molecule has 1 aromatic carbocycles. The van der Waals surface area contributed by atoms with E-state index in [0.29, 0.717) is 6.42 Å². The second kappa shape index (κ2) is 4.93. The van der Waals surface area contributed by atoms with Crippen LogP contribution in [0.4, 0.5) is 3.89 Å². The van der Waals surface area contributed by atoms with E-state index in [1.165, 1.54) is 24.3 Å². The van der Waals surface area contributed by atoms with Crippen LogP contribution in [0.2, 0.25) is 0 Å². The van der Waals surface area contributed by atoms with E-state index in [9.17, 15) is 17.1 Å². The zero-order valence-corrected chi connectivity index (χ0v) is 9.04. The smallest absolute Gasteiger partial charge is 0.370 e. The number of amides is 1. The topological polar surface area (TPSA) is 86.5 Å². The molecule has 7 heteroatoms. The lowest BCUT2D eigenvalue weighted by atomic mass is 10.1. The summed E-state index contributed by atoms with van der Waals surface area (Å²) in [5.41, 5.74) is 5.74. The van der Waals surface area contributed by atoms with E-state index in [0.717, 1.165) is 5.56 Å². The molecule has 1 rings (SSSR count). The minimum Gasteiger partial charge on any atom is -0.370 e. The van der Waals surface area contributed by atoms with Gasteiger partial charge in [-0.3, -0.25) is 4.79 Å². The summed E-state index contributed by atoms with van der Waals surface area (Å²) in [5.74, 6) is -0.544. The van der Waals surface area contributed by atoms with E-state index >= 15 is 0 Å². The van der Waals surface area contributed by atoms with Gasteiger partial charge in [0, 0.05) is 6.42 Å². The van der Waals surface area contributed by atoms with E-state index in [1.54, 1.807) is 0 Å². The van der Waals surface area contributed by atoms with E-state index < -0.39 is 16.4 Å². The number of carbonyl (C=O) groups is 1. The largest absolute Gasteiger partial charge is 0.488 e. The van der Waals surface area contributed by atoms with Gasteiger partial charge in [-0.25, -0.2) is 0 Å². The van der Waals surface area contributed by atoms with Crippen LogP contribution in [0, 0.1) is 0 Å². The van der Waals surface area contributed by atoms with E-state index in [1.807, 2.05) is 0 Å². The fraction of sp³-hybridized carbons (Fsp3) is 0.222. The van der Waals surface area contributed by atoms with Crippen LogP contribution >= 0.6 is 0 Å². The van der Waals surface area contributed by atoms with Crippen molar-refractivity contribution in [1.82, 2.24) is 0 Å². The molecule has 0 heterocycles. The van der Waals surface area contributed by atoms with Crippen molar-refractivity contribution in [3.8, 4) is 5.75 Å². The molecule has 0 atom stereocenters. The summed E-state index contributed by atoms with van der Waals surface area (Å²) in [6.45, 7) is 0. The quantitative estimate of drug-likeness (QED) is 0.776. The Bertz CT molecular complexity index is 469. The number of benzene rings is 1. The first-order chi connectivity index (χ1) is 7.37. The first-order valence-electron chi connectivity index (χ1n) is 4.38. The number of hydrogen-bond acceptors (Lipinski definition) is 4. The monoisotopic (exact) mass is 247 g/mol. The summed E-state index contributed by atoms with van der Waals surface area (Å²) in [6.07, 6.45) is 0.638. The van der Waals surface area contributed by atoms with Crippen molar-refractivity contribution in [2.24, 2.45) is 5.73 Å². The molecule has 0 saturated heterocycles. The van der Waals surface area contributed by atoms with Gasteiger partial charge in [-0.15, -0.1) is 0 Å². The maximum Gasteiger partial charge on any atom is 0.488 e. The first kappa shape index (κ1) is 12.4. The molecule has 0 radical (unpaired) electrons. The summed E-state index contributed by atoms with van der Waals surface area (Å²) >= 11 is 0. The lowest BCUT2D eigenvalue weighted by molar-refractivity contribution is -0.117. The highest BCUT2D eigenvalue weighted by Gasteiger charge is 2.08. The summed E-state index contributed by atoms with van der Waals surface area (Å²) in [4.78, 5) is 10.5. The van der Waals surface area contributed by atoms with Crippen LogP contribution in [0.3, 0.4) is 0 Å². The number of nitrogens with two attached hydrogens (primary N) is 1. The van der Waals surface area contributed by atoms with Gasteiger partial charge in [-0.05, 0) is 24.1 Å². The molecule has 0 saturated carbocycles. The molecular formula is C9H10FNO4S. The number of hydrogen-bond donors (Lipinski definition) is 1. The van der Waals surface area contributed by atoms with E-state index in [-0.39, 0.29) is 12.2 Å². The highest BCUT2D eigenvalue weighted by molar-refractivity contribution is 7.81. The maximum atomic E-state index is 12.1. The number of rotatable bonds is 5. The molecule has 0 aliphatic heterocycles. The predicted octanol–water partition coefficient (Wildman–Crippen LogP) is 0.698. The van der Waals surface area contributed by atoms with Gasteiger partial charge in [0.1, 0.15) is 5.75 Å². The third kappa shape index (κ3) is 4.74. The third-order valence-electron chi connectivity index (χ3n) is 1.78. The Morgan fingerprint density at radius 1 is 1.31 bits per heavy atom. The van der Waals surface area contributed by atoms with Crippen molar-refractivity contribution >= 4 is 16.4 Å². The molecule has 2 N–H and O–H groups in total. The molecule has 1 amide bonds. The zero-order valence-electron chi connectivity index (χ0n) is 8.22. The van der Waals surface area contributed by atoms with Gasteiger partial charge in [0.2, 0.25) is 5.91 Å². The summed E-state index contributed by atoms with van der Waals surface area (Å²) in [6, 6.07) is 5.66. The van der Waals surface area contributed by atoms with Crippen molar-refractivity contribution in [2.75, 3.05) is 0 Å². The number of primary amides is 1. The highest BCUT2D eigenvalue weighted by atomic mass is 32.3. The molecule has 5 nitrogen and oxygen atoms in total. The summed E-state index contributed by atoms with van der Waals surface area (Å²) in [7, 11) is -4.99. The Balaban J connectivity index is 2.64. The minimum absolute atomic E-state index is 0.120. The van der Waals surface area contributed by atoms with Crippen LogP contribution in [0.5, 0.6) is 5.75 Å². The van der Waals surface area contributed by atoms with Crippen molar-refractivity contribution in [1.29, 1.82) is 0 Å². The third-order valence-corrected chi connectivity index (χ3v) is 2.17. The van der Waals surface area contributed by atoms with Crippen LogP contribution in [-0.2, 0) is 21.7 Å². The summed E-state index contributed by atoms with van der Waals surface area (Å²) < 4.78 is 36.4. The molecule has 1 aromatic rings. The maximum absolute atomic E-state index is 12.1. The molecule has 0 bridgehead atoms. The second-order valence-corrected chi connectivity index (χ2v) is 4.04. The van der Waals surface area contributed by atoms with Gasteiger partial charge >= 0.3 is 10.5 Å². The Labute approximate surface area is 92.4 Å². The van der Waals surface area contributed by atoms with Crippen LogP contribution < -0.4 is 9.92 Å². The molecule has 0 aliphatic carbocycles. The molecule has 0 spiro atoms. The van der Waals surface area contributed by atoms with Crippen molar-refractivity contribution in [2.45, 2.75) is 12.8 Å². The molecule has 88 valence electrons. The Morgan fingerprint density at radius 3 is 2.31 bits per heavy atom. The van der Waals surface area contributed by atoms with Gasteiger partial charge in [-0.1, -0.05) is 16.0 Å². The van der Waals surface area contributed by atoms with Gasteiger partial charge in [0.15, 0.2) is 0 Å². The lowest BCUT2D eigenvalue weighted by Crippen LogP contribution is -2.11. The lowest BCUT2D eigenvalue weighted by Gasteiger charge is -2.02. The summed E-state index contributed by atoms with van der Waals surface area (Å²) in [5, 5.41) is 0. The van der Waals surface area contributed by atoms with Gasteiger partial charge in [0.25, 0.3) is 0 Å². The second-order valence-electron chi connectivity index (χ2n) is 3.09. The number of carbonyl (C=O) groups excluding carboxylic acids is 1. The predicted molar refractivity (Wildman–Crippen MR) is 54.6 cm³/mol. The van der Waals surface area contributed by atoms with Crippen LogP contribution in [-0.4, -0.2) is 14.3 Å². The van der Waals surface area contributed by atoms with Crippen molar-refractivity contribution in [3.05, 3.63) is 29.8 Å². The minimum atomic E-state index is -4.99. The van der Waals surface area contributed by atoms with E-state index in [2.05, 4.69) is 4.18 Å². The number of aryl methyl sites for hydroxylation is 1. The average molecular weight is 247 g/mol. The Kier molecular flexibility index (Phi) is 3.83. The van der Waals surface area contributed by atoms with Crippen molar-refractivity contribution < 1.29 is 21.3 Å². The van der Waals surface area contributed by atoms with Crippen LogP contribution in [0.15, 0.2) is 24.3 Å². The Hall–Kier alpha value is -1.63. The van der Waals surface area contributed by atoms with Crippen LogP contribution in [0.25, 0.3) is 0 Å². The first-order valence-corrected chi connectivity index (χ1v) is 5.69. The van der Waals surface area contributed by atoms with Gasteiger partial charge in [-0.2, -0.15) is 8.42 Å². The van der Waals surface area contributed by atoms with Gasteiger partial charge < -0.3 is 9.92 Å². The van der Waals surface area contributed by atoms with Crippen LogP contribution in [0.1, 0.15) is 12.0 Å². The molecule has 0 fully saturated rings. The standard InChI is InChI=1S/C9H10FNO4S/c10-16(13,14)15-8-4-1-7(2-5-8)3-6-9(11)12/h1-2,4-5H,3,6H2,(H2,11,12). The normalized spacial score (nSPS) is 11.1. The van der Waals surface area contributed by atoms with Crippen molar-refractivity contribution in [3.63, 3.8) is 0 Å². The molecular weight excluding hydrogens is 237 g/mol. The Morgan fingerprint density at radius 2 is 1.88 bits per heavy atom.